The molecule has 0 aliphatic heterocycles. The number of para-hydroxylation sites is 1. The summed E-state index contributed by atoms with van der Waals surface area (Å²) in [6, 6.07) is 15.4. The van der Waals surface area contributed by atoms with Crippen molar-refractivity contribution in [2.24, 2.45) is 0 Å². The maximum Gasteiger partial charge on any atom is 0.416 e. The monoisotopic (exact) mass is 314 g/mol. The second kappa shape index (κ2) is 5.57. The SMILES string of the molecule is N#Cc1nnn(-c2ccccc2)c1-c1ccc(C(F)(F)F)cc1. The van der Waals surface area contributed by atoms with Gasteiger partial charge in [-0.25, -0.2) is 4.68 Å². The zero-order chi connectivity index (χ0) is 16.4. The third kappa shape index (κ3) is 2.79. The third-order valence-electron chi connectivity index (χ3n) is 3.26. The predicted molar refractivity (Wildman–Crippen MR) is 76.5 cm³/mol. The second-order valence-electron chi connectivity index (χ2n) is 4.72. The molecule has 23 heavy (non-hydrogen) atoms. The van der Waals surface area contributed by atoms with Crippen LogP contribution in [0.3, 0.4) is 0 Å². The summed E-state index contributed by atoms with van der Waals surface area (Å²) in [6.45, 7) is 0. The molecule has 0 unspecified atom stereocenters. The van der Waals surface area contributed by atoms with Gasteiger partial charge in [-0.15, -0.1) is 5.10 Å². The first-order chi connectivity index (χ1) is 11.0. The standard InChI is InChI=1S/C16H9F3N4/c17-16(18,19)12-8-6-11(7-9-12)15-14(10-20)21-22-23(15)13-4-2-1-3-5-13/h1-9H. The van der Waals surface area contributed by atoms with E-state index in [4.69, 9.17) is 0 Å². The lowest BCUT2D eigenvalue weighted by molar-refractivity contribution is -0.137. The molecule has 0 saturated carbocycles. The van der Waals surface area contributed by atoms with Gasteiger partial charge >= 0.3 is 6.18 Å². The highest BCUT2D eigenvalue weighted by molar-refractivity contribution is 5.67. The predicted octanol–water partition coefficient (Wildman–Crippen LogP) is 3.82. The van der Waals surface area contributed by atoms with E-state index in [1.165, 1.54) is 16.8 Å². The molecule has 0 amide bonds. The van der Waals surface area contributed by atoms with Crippen LogP contribution in [0.15, 0.2) is 54.6 Å². The van der Waals surface area contributed by atoms with E-state index in [0.717, 1.165) is 12.1 Å². The van der Waals surface area contributed by atoms with E-state index in [1.54, 1.807) is 24.3 Å². The third-order valence-corrected chi connectivity index (χ3v) is 3.26. The number of nitrogens with zero attached hydrogens (tertiary/aromatic N) is 4. The molecule has 0 N–H and O–H groups in total. The van der Waals surface area contributed by atoms with Crippen molar-refractivity contribution < 1.29 is 13.2 Å². The van der Waals surface area contributed by atoms with Gasteiger partial charge in [0.2, 0.25) is 0 Å². The highest BCUT2D eigenvalue weighted by Crippen LogP contribution is 2.32. The zero-order valence-corrected chi connectivity index (χ0v) is 11.6. The number of rotatable bonds is 2. The van der Waals surface area contributed by atoms with E-state index in [-0.39, 0.29) is 5.69 Å². The molecule has 1 heterocycles. The van der Waals surface area contributed by atoms with Crippen molar-refractivity contribution in [2.45, 2.75) is 6.18 Å². The van der Waals surface area contributed by atoms with Gasteiger partial charge in [-0.3, -0.25) is 0 Å². The normalized spacial score (nSPS) is 11.2. The molecule has 3 rings (SSSR count). The fourth-order valence-corrected chi connectivity index (χ4v) is 2.18. The molecule has 0 spiro atoms. The van der Waals surface area contributed by atoms with Crippen LogP contribution in [0.5, 0.6) is 0 Å². The Balaban J connectivity index is 2.13. The van der Waals surface area contributed by atoms with Crippen LogP contribution >= 0.6 is 0 Å². The van der Waals surface area contributed by atoms with Crippen LogP contribution in [0.25, 0.3) is 16.9 Å². The van der Waals surface area contributed by atoms with Gasteiger partial charge < -0.3 is 0 Å². The van der Waals surface area contributed by atoms with E-state index >= 15 is 0 Å². The first-order valence-corrected chi connectivity index (χ1v) is 6.59. The minimum Gasteiger partial charge on any atom is -0.211 e. The lowest BCUT2D eigenvalue weighted by Crippen LogP contribution is -2.04. The second-order valence-corrected chi connectivity index (χ2v) is 4.72. The van der Waals surface area contributed by atoms with Gasteiger partial charge in [0.1, 0.15) is 11.8 Å². The van der Waals surface area contributed by atoms with Gasteiger partial charge in [-0.2, -0.15) is 18.4 Å². The van der Waals surface area contributed by atoms with Crippen molar-refractivity contribution in [1.29, 1.82) is 5.26 Å². The van der Waals surface area contributed by atoms with Crippen molar-refractivity contribution in [3.05, 3.63) is 65.9 Å². The molecule has 7 heteroatoms. The van der Waals surface area contributed by atoms with E-state index in [0.29, 0.717) is 16.9 Å². The van der Waals surface area contributed by atoms with E-state index in [1.807, 2.05) is 12.1 Å². The molecule has 0 aliphatic carbocycles. The van der Waals surface area contributed by atoms with Gasteiger partial charge in [-0.05, 0) is 24.3 Å². The topological polar surface area (TPSA) is 54.5 Å². The number of benzene rings is 2. The van der Waals surface area contributed by atoms with Gasteiger partial charge in [-0.1, -0.05) is 35.5 Å². The Labute approximate surface area is 129 Å². The summed E-state index contributed by atoms with van der Waals surface area (Å²) in [6.07, 6.45) is -4.41. The molecule has 0 saturated heterocycles. The maximum atomic E-state index is 12.7. The van der Waals surface area contributed by atoms with Gasteiger partial charge in [0.05, 0.1) is 11.3 Å². The Bertz CT molecular complexity index is 859. The summed E-state index contributed by atoms with van der Waals surface area (Å²) >= 11 is 0. The first kappa shape index (κ1) is 14.8. The molecule has 0 bridgehead atoms. The van der Waals surface area contributed by atoms with Crippen LogP contribution in [-0.4, -0.2) is 15.0 Å². The number of alkyl halides is 3. The van der Waals surface area contributed by atoms with Crippen LogP contribution < -0.4 is 0 Å². The molecule has 0 fully saturated rings. The largest absolute Gasteiger partial charge is 0.416 e. The first-order valence-electron chi connectivity index (χ1n) is 6.59. The van der Waals surface area contributed by atoms with E-state index in [9.17, 15) is 18.4 Å². The highest BCUT2D eigenvalue weighted by atomic mass is 19.4. The number of aromatic nitrogens is 3. The Morgan fingerprint density at radius 3 is 2.17 bits per heavy atom. The Morgan fingerprint density at radius 2 is 1.61 bits per heavy atom. The van der Waals surface area contributed by atoms with Crippen molar-refractivity contribution in [3.63, 3.8) is 0 Å². The molecule has 114 valence electrons. The molecule has 0 radical (unpaired) electrons. The molecular formula is C16H9F3N4. The summed E-state index contributed by atoms with van der Waals surface area (Å²) < 4.78 is 39.4. The smallest absolute Gasteiger partial charge is 0.211 e. The summed E-state index contributed by atoms with van der Waals surface area (Å²) in [5.74, 6) is 0. The van der Waals surface area contributed by atoms with E-state index < -0.39 is 11.7 Å². The fraction of sp³-hybridized carbons (Fsp3) is 0.0625. The highest BCUT2D eigenvalue weighted by Gasteiger charge is 2.30. The minimum absolute atomic E-state index is 0.0496. The molecule has 2 aromatic carbocycles. The van der Waals surface area contributed by atoms with Crippen LogP contribution in [-0.2, 0) is 6.18 Å². The van der Waals surface area contributed by atoms with Gasteiger partial charge in [0.25, 0.3) is 0 Å². The summed E-state index contributed by atoms with van der Waals surface area (Å²) in [5, 5.41) is 16.9. The summed E-state index contributed by atoms with van der Waals surface area (Å²) in [4.78, 5) is 0. The van der Waals surface area contributed by atoms with Crippen LogP contribution in [0, 0.1) is 11.3 Å². The van der Waals surface area contributed by atoms with E-state index in [2.05, 4.69) is 10.3 Å². The Morgan fingerprint density at radius 1 is 0.957 bits per heavy atom. The molecule has 4 nitrogen and oxygen atoms in total. The average Bonchev–Trinajstić information content (AvgIpc) is 2.99. The number of hydrogen-bond donors (Lipinski definition) is 0. The molecule has 0 aliphatic rings. The fourth-order valence-electron chi connectivity index (χ4n) is 2.18. The summed E-state index contributed by atoms with van der Waals surface area (Å²) in [7, 11) is 0. The Kier molecular flexibility index (Phi) is 3.58. The van der Waals surface area contributed by atoms with Crippen LogP contribution in [0.1, 0.15) is 11.3 Å². The van der Waals surface area contributed by atoms with Gasteiger partial charge in [0, 0.05) is 5.56 Å². The quantitative estimate of drug-likeness (QED) is 0.722. The van der Waals surface area contributed by atoms with Gasteiger partial charge in [0.15, 0.2) is 5.69 Å². The minimum atomic E-state index is -4.41. The Hall–Kier alpha value is -3.14. The molecular weight excluding hydrogens is 305 g/mol. The number of halogens is 3. The molecule has 3 aromatic rings. The van der Waals surface area contributed by atoms with Crippen molar-refractivity contribution in [2.75, 3.05) is 0 Å². The lowest BCUT2D eigenvalue weighted by atomic mass is 10.1. The lowest BCUT2D eigenvalue weighted by Gasteiger charge is -2.09. The molecule has 1 aromatic heterocycles. The maximum absolute atomic E-state index is 12.7. The number of nitriles is 1. The zero-order valence-electron chi connectivity index (χ0n) is 11.6. The summed E-state index contributed by atoms with van der Waals surface area (Å²) in [5.41, 5.74) is 0.749. The van der Waals surface area contributed by atoms with Crippen molar-refractivity contribution in [3.8, 4) is 23.0 Å². The molecule has 0 atom stereocenters. The van der Waals surface area contributed by atoms with Crippen molar-refractivity contribution >= 4 is 0 Å². The van der Waals surface area contributed by atoms with Crippen LogP contribution in [0.4, 0.5) is 13.2 Å². The average molecular weight is 314 g/mol. The van der Waals surface area contributed by atoms with Crippen LogP contribution in [0.2, 0.25) is 0 Å². The van der Waals surface area contributed by atoms with Crippen molar-refractivity contribution in [1.82, 2.24) is 15.0 Å². The number of hydrogen-bond acceptors (Lipinski definition) is 3.